The summed E-state index contributed by atoms with van der Waals surface area (Å²) < 4.78 is 32.8. The molecule has 2 aromatic carbocycles. The SMILES string of the molecule is C=CC(=O)NC1(C)CCN(S(=O)(=O)c2cccc(NC(=O)OCc3ccccc3)c2)CC1. The van der Waals surface area contributed by atoms with Gasteiger partial charge in [0.2, 0.25) is 15.9 Å². The molecule has 1 aliphatic rings. The minimum Gasteiger partial charge on any atom is -0.444 e. The predicted octanol–water partition coefficient (Wildman–Crippen LogP) is 3.28. The topological polar surface area (TPSA) is 105 Å². The number of piperidine rings is 1. The first-order valence-electron chi connectivity index (χ1n) is 10.2. The molecule has 0 aromatic heterocycles. The third-order valence-electron chi connectivity index (χ3n) is 5.37. The van der Waals surface area contributed by atoms with Gasteiger partial charge in [0.15, 0.2) is 0 Å². The normalized spacial score (nSPS) is 16.0. The monoisotopic (exact) mass is 457 g/mol. The van der Waals surface area contributed by atoms with Crippen molar-refractivity contribution in [3.05, 3.63) is 72.8 Å². The number of carbonyl (C=O) groups is 2. The van der Waals surface area contributed by atoms with Gasteiger partial charge in [0.25, 0.3) is 0 Å². The van der Waals surface area contributed by atoms with Gasteiger partial charge in [0.05, 0.1) is 4.90 Å². The number of anilines is 1. The Morgan fingerprint density at radius 1 is 1.12 bits per heavy atom. The lowest BCUT2D eigenvalue weighted by molar-refractivity contribution is -0.118. The van der Waals surface area contributed by atoms with Crippen LogP contribution in [0.1, 0.15) is 25.3 Å². The minimum atomic E-state index is -3.75. The number of benzene rings is 2. The number of hydrogen-bond acceptors (Lipinski definition) is 5. The second kappa shape index (κ2) is 9.97. The van der Waals surface area contributed by atoms with E-state index in [-0.39, 0.29) is 30.5 Å². The summed E-state index contributed by atoms with van der Waals surface area (Å²) in [4.78, 5) is 23.8. The lowest BCUT2D eigenvalue weighted by Crippen LogP contribution is -2.53. The number of hydrogen-bond donors (Lipinski definition) is 2. The van der Waals surface area contributed by atoms with Gasteiger partial charge in [0.1, 0.15) is 6.61 Å². The van der Waals surface area contributed by atoms with E-state index in [9.17, 15) is 18.0 Å². The molecule has 0 aliphatic carbocycles. The van der Waals surface area contributed by atoms with E-state index in [1.807, 2.05) is 37.3 Å². The maximum Gasteiger partial charge on any atom is 0.411 e. The lowest BCUT2D eigenvalue weighted by Gasteiger charge is -2.39. The van der Waals surface area contributed by atoms with Crippen molar-refractivity contribution in [1.82, 2.24) is 9.62 Å². The van der Waals surface area contributed by atoms with Crippen molar-refractivity contribution in [2.24, 2.45) is 0 Å². The fourth-order valence-electron chi connectivity index (χ4n) is 3.45. The zero-order valence-corrected chi connectivity index (χ0v) is 18.7. The number of amides is 2. The van der Waals surface area contributed by atoms with E-state index in [0.29, 0.717) is 18.5 Å². The fraction of sp³-hybridized carbons (Fsp3) is 0.304. The summed E-state index contributed by atoms with van der Waals surface area (Å²) in [6, 6.07) is 15.3. The molecule has 0 unspecified atom stereocenters. The second-order valence-corrected chi connectivity index (χ2v) is 9.81. The van der Waals surface area contributed by atoms with E-state index in [1.54, 1.807) is 12.1 Å². The molecule has 9 heteroatoms. The third-order valence-corrected chi connectivity index (χ3v) is 7.26. The van der Waals surface area contributed by atoms with Gasteiger partial charge in [-0.15, -0.1) is 0 Å². The molecule has 1 heterocycles. The molecule has 32 heavy (non-hydrogen) atoms. The summed E-state index contributed by atoms with van der Waals surface area (Å²) >= 11 is 0. The Morgan fingerprint density at radius 3 is 2.47 bits per heavy atom. The highest BCUT2D eigenvalue weighted by molar-refractivity contribution is 7.89. The largest absolute Gasteiger partial charge is 0.444 e. The number of carbonyl (C=O) groups excluding carboxylic acids is 2. The number of sulfonamides is 1. The molecule has 2 amide bonds. The molecule has 8 nitrogen and oxygen atoms in total. The van der Waals surface area contributed by atoms with Crippen molar-refractivity contribution in [3.63, 3.8) is 0 Å². The van der Waals surface area contributed by atoms with E-state index < -0.39 is 21.7 Å². The Hall–Kier alpha value is -3.17. The minimum absolute atomic E-state index is 0.0806. The molecule has 3 rings (SSSR count). The average Bonchev–Trinajstić information content (AvgIpc) is 2.78. The summed E-state index contributed by atoms with van der Waals surface area (Å²) in [6.45, 7) is 5.99. The Balaban J connectivity index is 1.61. The van der Waals surface area contributed by atoms with E-state index in [4.69, 9.17) is 4.74 Å². The molecule has 0 atom stereocenters. The highest BCUT2D eigenvalue weighted by Gasteiger charge is 2.36. The number of nitrogens with one attached hydrogen (secondary N) is 2. The number of nitrogens with zero attached hydrogens (tertiary/aromatic N) is 1. The molecule has 0 radical (unpaired) electrons. The van der Waals surface area contributed by atoms with Crippen LogP contribution < -0.4 is 10.6 Å². The van der Waals surface area contributed by atoms with Crippen molar-refractivity contribution in [2.45, 2.75) is 36.8 Å². The van der Waals surface area contributed by atoms with Crippen molar-refractivity contribution in [1.29, 1.82) is 0 Å². The first kappa shape index (κ1) is 23.5. The van der Waals surface area contributed by atoms with Gasteiger partial charge >= 0.3 is 6.09 Å². The zero-order chi connectivity index (χ0) is 23.2. The van der Waals surface area contributed by atoms with E-state index in [0.717, 1.165) is 5.56 Å². The molecular formula is C23H27N3O5S. The van der Waals surface area contributed by atoms with Crippen LogP contribution >= 0.6 is 0 Å². The smallest absolute Gasteiger partial charge is 0.411 e. The standard InChI is InChI=1S/C23H27N3O5S/c1-3-21(27)25-23(2)12-14-26(15-13-23)32(29,30)20-11-7-10-19(16-20)24-22(28)31-17-18-8-5-4-6-9-18/h3-11,16H,1,12-15,17H2,2H3,(H,24,28)(H,25,27). The van der Waals surface area contributed by atoms with E-state index in [2.05, 4.69) is 17.2 Å². The number of rotatable bonds is 7. The molecular weight excluding hydrogens is 430 g/mol. The summed E-state index contributed by atoms with van der Waals surface area (Å²) in [7, 11) is -3.75. The van der Waals surface area contributed by atoms with Crippen LogP contribution in [0.2, 0.25) is 0 Å². The molecule has 1 aliphatic heterocycles. The van der Waals surface area contributed by atoms with Crippen LogP contribution in [0.15, 0.2) is 72.1 Å². The second-order valence-electron chi connectivity index (χ2n) is 7.87. The Bertz CT molecular complexity index is 1080. The maximum absolute atomic E-state index is 13.1. The van der Waals surface area contributed by atoms with Crippen LogP contribution in [0.3, 0.4) is 0 Å². The third kappa shape index (κ3) is 5.95. The van der Waals surface area contributed by atoms with Crippen LogP contribution in [-0.2, 0) is 26.2 Å². The van der Waals surface area contributed by atoms with Crippen LogP contribution in [-0.4, -0.2) is 43.4 Å². The summed E-state index contributed by atoms with van der Waals surface area (Å²) in [6.07, 6.45) is 1.50. The van der Waals surface area contributed by atoms with Gasteiger partial charge in [-0.05, 0) is 49.6 Å². The van der Waals surface area contributed by atoms with Crippen LogP contribution in [0, 0.1) is 0 Å². The highest BCUT2D eigenvalue weighted by Crippen LogP contribution is 2.27. The molecule has 0 spiro atoms. The van der Waals surface area contributed by atoms with Gasteiger partial charge in [-0.3, -0.25) is 10.1 Å². The van der Waals surface area contributed by atoms with Gasteiger partial charge in [-0.25, -0.2) is 13.2 Å². The lowest BCUT2D eigenvalue weighted by atomic mass is 9.90. The zero-order valence-electron chi connectivity index (χ0n) is 17.9. The first-order chi connectivity index (χ1) is 15.2. The number of ether oxygens (including phenoxy) is 1. The first-order valence-corrected chi connectivity index (χ1v) is 11.7. The molecule has 2 N–H and O–H groups in total. The summed E-state index contributed by atoms with van der Waals surface area (Å²) in [5.41, 5.74) is 0.688. The Kier molecular flexibility index (Phi) is 7.32. The van der Waals surface area contributed by atoms with Crippen molar-refractivity contribution < 1.29 is 22.7 Å². The molecule has 170 valence electrons. The van der Waals surface area contributed by atoms with Crippen LogP contribution in [0.4, 0.5) is 10.5 Å². The highest BCUT2D eigenvalue weighted by atomic mass is 32.2. The Labute approximate surface area is 188 Å². The molecule has 1 fully saturated rings. The van der Waals surface area contributed by atoms with Gasteiger partial charge in [0, 0.05) is 24.3 Å². The molecule has 2 aromatic rings. The average molecular weight is 458 g/mol. The van der Waals surface area contributed by atoms with Gasteiger partial charge < -0.3 is 10.1 Å². The quantitative estimate of drug-likeness (QED) is 0.621. The fourth-order valence-corrected chi connectivity index (χ4v) is 4.94. The van der Waals surface area contributed by atoms with E-state index >= 15 is 0 Å². The molecule has 1 saturated heterocycles. The summed E-state index contributed by atoms with van der Waals surface area (Å²) in [5.74, 6) is -0.276. The predicted molar refractivity (Wildman–Crippen MR) is 121 cm³/mol. The van der Waals surface area contributed by atoms with Crippen LogP contribution in [0.5, 0.6) is 0 Å². The van der Waals surface area contributed by atoms with Gasteiger partial charge in [-0.2, -0.15) is 4.31 Å². The summed E-state index contributed by atoms with van der Waals surface area (Å²) in [5, 5.41) is 5.44. The molecule has 0 saturated carbocycles. The van der Waals surface area contributed by atoms with E-state index in [1.165, 1.54) is 22.5 Å². The van der Waals surface area contributed by atoms with Gasteiger partial charge in [-0.1, -0.05) is 43.0 Å². The Morgan fingerprint density at radius 2 is 1.81 bits per heavy atom. The van der Waals surface area contributed by atoms with Crippen LogP contribution in [0.25, 0.3) is 0 Å². The molecule has 0 bridgehead atoms. The van der Waals surface area contributed by atoms with Crippen molar-refractivity contribution >= 4 is 27.7 Å². The maximum atomic E-state index is 13.1. The van der Waals surface area contributed by atoms with Crippen molar-refractivity contribution in [3.8, 4) is 0 Å². The van der Waals surface area contributed by atoms with Crippen molar-refractivity contribution in [2.75, 3.05) is 18.4 Å².